The van der Waals surface area contributed by atoms with Crippen molar-refractivity contribution in [1.82, 2.24) is 0 Å². The van der Waals surface area contributed by atoms with E-state index < -0.39 is 0 Å². The van der Waals surface area contributed by atoms with Crippen LogP contribution in [-0.4, -0.2) is 18.3 Å². The Hall–Kier alpha value is -2.25. The summed E-state index contributed by atoms with van der Waals surface area (Å²) in [7, 11) is 0. The molecular formula is C18H17NO2S. The molecular weight excluding hydrogens is 294 g/mol. The molecule has 0 saturated heterocycles. The van der Waals surface area contributed by atoms with Gasteiger partial charge >= 0.3 is 5.97 Å². The lowest BCUT2D eigenvalue weighted by Gasteiger charge is -2.05. The summed E-state index contributed by atoms with van der Waals surface area (Å²) in [5, 5.41) is 8.84. The summed E-state index contributed by atoms with van der Waals surface area (Å²) >= 11 is 1.50. The number of thioether (sulfide) groups is 1. The fraction of sp³-hybridized carbons (Fsp3) is 0.222. The number of esters is 1. The van der Waals surface area contributed by atoms with E-state index in [1.165, 1.54) is 11.8 Å². The minimum Gasteiger partial charge on any atom is -0.465 e. The average molecular weight is 311 g/mol. The van der Waals surface area contributed by atoms with E-state index in [1.807, 2.05) is 48.5 Å². The largest absolute Gasteiger partial charge is 0.465 e. The highest BCUT2D eigenvalue weighted by molar-refractivity contribution is 7.99. The summed E-state index contributed by atoms with van der Waals surface area (Å²) in [4.78, 5) is 11.7. The quantitative estimate of drug-likeness (QED) is 0.733. The van der Waals surface area contributed by atoms with Gasteiger partial charge in [0.05, 0.1) is 24.0 Å². The number of nitriles is 1. The van der Waals surface area contributed by atoms with E-state index in [9.17, 15) is 4.79 Å². The van der Waals surface area contributed by atoms with Gasteiger partial charge in [-0.15, -0.1) is 11.8 Å². The van der Waals surface area contributed by atoms with E-state index in [0.717, 1.165) is 17.5 Å². The smallest absolute Gasteiger partial charge is 0.315 e. The lowest BCUT2D eigenvalue weighted by Crippen LogP contribution is -2.10. The van der Waals surface area contributed by atoms with Gasteiger partial charge in [0.1, 0.15) is 0 Å². The number of hydrogen-bond donors (Lipinski definition) is 0. The highest BCUT2D eigenvalue weighted by atomic mass is 32.2. The number of rotatable bonds is 7. The van der Waals surface area contributed by atoms with Crippen LogP contribution < -0.4 is 0 Å². The van der Waals surface area contributed by atoms with Crippen LogP contribution in [0.3, 0.4) is 0 Å². The third-order valence-corrected chi connectivity index (χ3v) is 4.02. The minimum absolute atomic E-state index is 0.197. The Kier molecular flexibility index (Phi) is 6.53. The molecule has 0 saturated carbocycles. The van der Waals surface area contributed by atoms with Gasteiger partial charge in [0.15, 0.2) is 0 Å². The van der Waals surface area contributed by atoms with Crippen molar-refractivity contribution in [3.63, 3.8) is 0 Å². The summed E-state index contributed by atoms with van der Waals surface area (Å²) < 4.78 is 5.22. The first-order chi connectivity index (χ1) is 10.8. The second-order valence-corrected chi connectivity index (χ2v) is 5.75. The molecule has 112 valence electrons. The molecule has 0 amide bonds. The zero-order valence-electron chi connectivity index (χ0n) is 12.2. The number of ether oxygens (including phenoxy) is 1. The minimum atomic E-state index is -0.197. The van der Waals surface area contributed by atoms with Crippen molar-refractivity contribution in [2.24, 2.45) is 0 Å². The molecule has 0 bridgehead atoms. The van der Waals surface area contributed by atoms with Crippen LogP contribution in [0.15, 0.2) is 54.6 Å². The van der Waals surface area contributed by atoms with Crippen molar-refractivity contribution in [3.05, 3.63) is 71.3 Å². The van der Waals surface area contributed by atoms with E-state index in [4.69, 9.17) is 10.00 Å². The molecule has 4 heteroatoms. The second-order valence-electron chi connectivity index (χ2n) is 4.76. The maximum atomic E-state index is 11.7. The Morgan fingerprint density at radius 2 is 1.86 bits per heavy atom. The SMILES string of the molecule is N#Cc1cccc(CSCC(=O)OCCc2ccccc2)c1. The molecule has 2 aromatic carbocycles. The number of carbonyl (C=O) groups excluding carboxylic acids is 1. The summed E-state index contributed by atoms with van der Waals surface area (Å²) in [6.07, 6.45) is 0.738. The molecule has 0 unspecified atom stereocenters. The Morgan fingerprint density at radius 3 is 2.64 bits per heavy atom. The Balaban J connectivity index is 1.64. The van der Waals surface area contributed by atoms with Gasteiger partial charge in [-0.2, -0.15) is 5.26 Å². The number of carbonyl (C=O) groups is 1. The molecule has 2 aromatic rings. The molecule has 0 aliphatic carbocycles. The molecule has 0 heterocycles. The Bertz CT molecular complexity index is 650. The summed E-state index contributed by atoms with van der Waals surface area (Å²) in [6, 6.07) is 19.5. The van der Waals surface area contributed by atoms with Gasteiger partial charge < -0.3 is 4.74 Å². The average Bonchev–Trinajstić information content (AvgIpc) is 2.56. The molecule has 0 radical (unpaired) electrons. The van der Waals surface area contributed by atoms with Crippen LogP contribution in [0.2, 0.25) is 0 Å². The van der Waals surface area contributed by atoms with Gasteiger partial charge in [-0.25, -0.2) is 0 Å². The number of hydrogen-bond acceptors (Lipinski definition) is 4. The Morgan fingerprint density at radius 1 is 1.09 bits per heavy atom. The van der Waals surface area contributed by atoms with Crippen LogP contribution >= 0.6 is 11.8 Å². The van der Waals surface area contributed by atoms with Crippen molar-refractivity contribution < 1.29 is 9.53 Å². The van der Waals surface area contributed by atoms with Crippen LogP contribution in [0.5, 0.6) is 0 Å². The van der Waals surface area contributed by atoms with Crippen molar-refractivity contribution in [2.75, 3.05) is 12.4 Å². The van der Waals surface area contributed by atoms with Crippen molar-refractivity contribution in [1.29, 1.82) is 5.26 Å². The predicted octanol–water partition coefficient (Wildman–Crippen LogP) is 3.58. The van der Waals surface area contributed by atoms with Crippen LogP contribution in [0.1, 0.15) is 16.7 Å². The van der Waals surface area contributed by atoms with E-state index in [1.54, 1.807) is 6.07 Å². The Labute approximate surface area is 134 Å². The highest BCUT2D eigenvalue weighted by Gasteiger charge is 2.04. The molecule has 0 aliphatic heterocycles. The zero-order chi connectivity index (χ0) is 15.6. The summed E-state index contributed by atoms with van der Waals surface area (Å²) in [5.74, 6) is 0.826. The van der Waals surface area contributed by atoms with Gasteiger partial charge in [-0.3, -0.25) is 4.79 Å². The topological polar surface area (TPSA) is 50.1 Å². The molecule has 0 fully saturated rings. The molecule has 22 heavy (non-hydrogen) atoms. The van der Waals surface area contributed by atoms with Gasteiger partial charge in [-0.05, 0) is 23.3 Å². The second kappa shape index (κ2) is 8.91. The first-order valence-corrected chi connectivity index (χ1v) is 8.20. The third kappa shape index (κ3) is 5.63. The number of benzene rings is 2. The van der Waals surface area contributed by atoms with Crippen molar-refractivity contribution >= 4 is 17.7 Å². The monoisotopic (exact) mass is 311 g/mol. The summed E-state index contributed by atoms with van der Waals surface area (Å²) in [6.45, 7) is 0.410. The maximum absolute atomic E-state index is 11.7. The van der Waals surface area contributed by atoms with Crippen LogP contribution in [0, 0.1) is 11.3 Å². The first-order valence-electron chi connectivity index (χ1n) is 7.04. The van der Waals surface area contributed by atoms with E-state index in [0.29, 0.717) is 23.7 Å². The lowest BCUT2D eigenvalue weighted by atomic mass is 10.2. The fourth-order valence-corrected chi connectivity index (χ4v) is 2.72. The summed E-state index contributed by atoms with van der Waals surface area (Å²) in [5.41, 5.74) is 2.85. The van der Waals surface area contributed by atoms with Crippen LogP contribution in [0.4, 0.5) is 0 Å². The van der Waals surface area contributed by atoms with Crippen molar-refractivity contribution in [2.45, 2.75) is 12.2 Å². The highest BCUT2D eigenvalue weighted by Crippen LogP contribution is 2.13. The molecule has 3 nitrogen and oxygen atoms in total. The predicted molar refractivity (Wildman–Crippen MR) is 88.4 cm³/mol. The maximum Gasteiger partial charge on any atom is 0.315 e. The van der Waals surface area contributed by atoms with Crippen LogP contribution in [-0.2, 0) is 21.7 Å². The third-order valence-electron chi connectivity index (χ3n) is 3.04. The van der Waals surface area contributed by atoms with Gasteiger partial charge in [0.2, 0.25) is 0 Å². The van der Waals surface area contributed by atoms with Gasteiger partial charge in [-0.1, -0.05) is 42.5 Å². The van der Waals surface area contributed by atoms with E-state index in [-0.39, 0.29) is 5.97 Å². The molecule has 2 rings (SSSR count). The number of nitrogens with zero attached hydrogens (tertiary/aromatic N) is 1. The van der Waals surface area contributed by atoms with Crippen molar-refractivity contribution in [3.8, 4) is 6.07 Å². The molecule has 0 aliphatic rings. The van der Waals surface area contributed by atoms with E-state index in [2.05, 4.69) is 6.07 Å². The molecule has 0 N–H and O–H groups in total. The molecule has 0 aromatic heterocycles. The fourth-order valence-electron chi connectivity index (χ4n) is 1.95. The molecule has 0 atom stereocenters. The van der Waals surface area contributed by atoms with E-state index >= 15 is 0 Å². The van der Waals surface area contributed by atoms with Crippen LogP contribution in [0.25, 0.3) is 0 Å². The lowest BCUT2D eigenvalue weighted by molar-refractivity contribution is -0.140. The zero-order valence-corrected chi connectivity index (χ0v) is 13.0. The normalized spacial score (nSPS) is 9.95. The van der Waals surface area contributed by atoms with Gasteiger partial charge in [0, 0.05) is 12.2 Å². The standard InChI is InChI=1S/C18H17NO2S/c19-12-16-7-4-8-17(11-16)13-22-14-18(20)21-10-9-15-5-2-1-3-6-15/h1-8,11H,9-10,13-14H2. The van der Waals surface area contributed by atoms with Gasteiger partial charge in [0.25, 0.3) is 0 Å². The first kappa shape index (κ1) is 16.1. The molecule has 0 spiro atoms.